The summed E-state index contributed by atoms with van der Waals surface area (Å²) in [5, 5.41) is 11.8. The van der Waals surface area contributed by atoms with Crippen molar-refractivity contribution in [3.63, 3.8) is 0 Å². The van der Waals surface area contributed by atoms with Gasteiger partial charge in [0.25, 0.3) is 10.0 Å². The van der Waals surface area contributed by atoms with Crippen LogP contribution in [0.3, 0.4) is 0 Å². The molecule has 9 heteroatoms. The van der Waals surface area contributed by atoms with Crippen molar-refractivity contribution in [1.29, 1.82) is 0 Å². The topological polar surface area (TPSA) is 104 Å². The lowest BCUT2D eigenvalue weighted by molar-refractivity contribution is -0.140. The van der Waals surface area contributed by atoms with Crippen molar-refractivity contribution in [1.82, 2.24) is 9.62 Å². The third-order valence-corrected chi connectivity index (χ3v) is 6.95. The number of carbonyl (C=O) groups is 2. The smallest absolute Gasteiger partial charge is 0.322 e. The Bertz CT molecular complexity index is 668. The molecule has 0 spiro atoms. The molecule has 1 unspecified atom stereocenters. The van der Waals surface area contributed by atoms with Gasteiger partial charge >= 0.3 is 5.97 Å². The van der Waals surface area contributed by atoms with E-state index in [2.05, 4.69) is 5.32 Å². The molecular formula is C13H18N2O5S2. The fraction of sp³-hybridized carbons (Fsp3) is 0.538. The van der Waals surface area contributed by atoms with E-state index >= 15 is 0 Å². The molecule has 1 atom stereocenters. The minimum absolute atomic E-state index is 0.134. The molecule has 1 aliphatic rings. The number of amides is 1. The molecular weight excluding hydrogens is 328 g/mol. The Labute approximate surface area is 133 Å². The van der Waals surface area contributed by atoms with Crippen LogP contribution in [-0.2, 0) is 26.0 Å². The van der Waals surface area contributed by atoms with Gasteiger partial charge in [-0.1, -0.05) is 0 Å². The summed E-state index contributed by atoms with van der Waals surface area (Å²) in [5.41, 5.74) is 0. The van der Waals surface area contributed by atoms with E-state index in [-0.39, 0.29) is 16.7 Å². The summed E-state index contributed by atoms with van der Waals surface area (Å²) in [5.74, 6) is -1.24. The third-order valence-electron chi connectivity index (χ3n) is 3.43. The first-order chi connectivity index (χ1) is 10.3. The zero-order chi connectivity index (χ0) is 16.3. The second-order valence-corrected chi connectivity index (χ2v) is 8.35. The molecule has 2 heterocycles. The van der Waals surface area contributed by atoms with Gasteiger partial charge in [-0.25, -0.2) is 8.42 Å². The van der Waals surface area contributed by atoms with Crippen LogP contribution in [0.25, 0.3) is 0 Å². The second-order valence-electron chi connectivity index (χ2n) is 5.07. The highest BCUT2D eigenvalue weighted by Gasteiger charge is 2.40. The van der Waals surface area contributed by atoms with Crippen molar-refractivity contribution < 1.29 is 23.1 Å². The molecule has 0 radical (unpaired) electrons. The van der Waals surface area contributed by atoms with E-state index in [9.17, 15) is 18.0 Å². The average molecular weight is 346 g/mol. The molecule has 1 aromatic rings. The zero-order valence-electron chi connectivity index (χ0n) is 12.1. The molecule has 1 saturated heterocycles. The van der Waals surface area contributed by atoms with Gasteiger partial charge in [-0.2, -0.15) is 4.31 Å². The SMILES string of the molecule is CC(=O)NCCc1ccc(S(=O)(=O)N2CCCC2C(=O)O)s1. The lowest BCUT2D eigenvalue weighted by atomic mass is 10.2. The summed E-state index contributed by atoms with van der Waals surface area (Å²) in [6.07, 6.45) is 1.44. The van der Waals surface area contributed by atoms with Crippen LogP contribution in [0.4, 0.5) is 0 Å². The Morgan fingerprint density at radius 1 is 1.45 bits per heavy atom. The van der Waals surface area contributed by atoms with Crippen LogP contribution in [0.5, 0.6) is 0 Å². The number of hydrogen-bond donors (Lipinski definition) is 2. The highest BCUT2D eigenvalue weighted by molar-refractivity contribution is 7.91. The monoisotopic (exact) mass is 346 g/mol. The van der Waals surface area contributed by atoms with Crippen LogP contribution in [0.2, 0.25) is 0 Å². The molecule has 1 fully saturated rings. The van der Waals surface area contributed by atoms with E-state index in [0.29, 0.717) is 25.8 Å². The number of rotatable bonds is 6. The fourth-order valence-corrected chi connectivity index (χ4v) is 5.52. The molecule has 2 N–H and O–H groups in total. The van der Waals surface area contributed by atoms with E-state index < -0.39 is 22.0 Å². The van der Waals surface area contributed by atoms with Gasteiger partial charge in [0.2, 0.25) is 5.91 Å². The van der Waals surface area contributed by atoms with E-state index in [4.69, 9.17) is 5.11 Å². The Balaban J connectivity index is 2.11. The summed E-state index contributed by atoms with van der Waals surface area (Å²) in [6.45, 7) is 2.10. The van der Waals surface area contributed by atoms with E-state index in [1.807, 2.05) is 0 Å². The average Bonchev–Trinajstić information content (AvgIpc) is 3.07. The van der Waals surface area contributed by atoms with Crippen LogP contribution in [0.15, 0.2) is 16.3 Å². The summed E-state index contributed by atoms with van der Waals surface area (Å²) >= 11 is 1.12. The lowest BCUT2D eigenvalue weighted by Crippen LogP contribution is -2.40. The molecule has 0 aliphatic carbocycles. The van der Waals surface area contributed by atoms with Gasteiger partial charge in [0.05, 0.1) is 0 Å². The first-order valence-electron chi connectivity index (χ1n) is 6.90. The van der Waals surface area contributed by atoms with Crippen LogP contribution in [0, 0.1) is 0 Å². The van der Waals surface area contributed by atoms with Gasteiger partial charge in [0.1, 0.15) is 10.3 Å². The summed E-state index contributed by atoms with van der Waals surface area (Å²) in [7, 11) is -3.77. The summed E-state index contributed by atoms with van der Waals surface area (Å²) < 4.78 is 26.3. The Morgan fingerprint density at radius 2 is 2.18 bits per heavy atom. The van der Waals surface area contributed by atoms with Crippen LogP contribution < -0.4 is 5.32 Å². The predicted octanol–water partition coefficient (Wildman–Crippen LogP) is 0.664. The molecule has 0 aromatic carbocycles. The number of hydrogen-bond acceptors (Lipinski definition) is 5. The number of thiophene rings is 1. The minimum Gasteiger partial charge on any atom is -0.480 e. The maximum atomic E-state index is 12.5. The maximum absolute atomic E-state index is 12.5. The van der Waals surface area contributed by atoms with E-state index in [1.165, 1.54) is 13.0 Å². The maximum Gasteiger partial charge on any atom is 0.322 e. The van der Waals surface area contributed by atoms with E-state index in [1.54, 1.807) is 6.07 Å². The van der Waals surface area contributed by atoms with Gasteiger partial charge in [0, 0.05) is 24.9 Å². The quantitative estimate of drug-likeness (QED) is 0.788. The standard InChI is InChI=1S/C13H18N2O5S2/c1-9(16)14-7-6-10-4-5-12(21-10)22(19,20)15-8-2-3-11(15)13(17)18/h4-5,11H,2-3,6-8H2,1H3,(H,14,16)(H,17,18). The molecule has 1 amide bonds. The Morgan fingerprint density at radius 3 is 2.82 bits per heavy atom. The number of carbonyl (C=O) groups excluding carboxylic acids is 1. The number of sulfonamides is 1. The highest BCUT2D eigenvalue weighted by atomic mass is 32.2. The molecule has 2 rings (SSSR count). The van der Waals surface area contributed by atoms with Gasteiger partial charge in [-0.15, -0.1) is 11.3 Å². The van der Waals surface area contributed by atoms with Crippen molar-refractivity contribution in [2.75, 3.05) is 13.1 Å². The van der Waals surface area contributed by atoms with Gasteiger partial charge in [-0.3, -0.25) is 9.59 Å². The Kier molecular flexibility index (Phi) is 5.20. The van der Waals surface area contributed by atoms with Crippen molar-refractivity contribution >= 4 is 33.2 Å². The summed E-state index contributed by atoms with van der Waals surface area (Å²) in [4.78, 5) is 22.8. The number of carboxylic acid groups (broad SMARTS) is 1. The zero-order valence-corrected chi connectivity index (χ0v) is 13.7. The normalized spacial score (nSPS) is 19.2. The molecule has 1 aliphatic heterocycles. The van der Waals surface area contributed by atoms with Crippen LogP contribution in [-0.4, -0.2) is 48.8 Å². The first-order valence-corrected chi connectivity index (χ1v) is 9.16. The largest absolute Gasteiger partial charge is 0.480 e. The molecule has 22 heavy (non-hydrogen) atoms. The van der Waals surface area contributed by atoms with Crippen LogP contribution in [0.1, 0.15) is 24.6 Å². The van der Waals surface area contributed by atoms with Crippen molar-refractivity contribution in [3.05, 3.63) is 17.0 Å². The molecule has 1 aromatic heterocycles. The molecule has 122 valence electrons. The van der Waals surface area contributed by atoms with Gasteiger partial charge in [-0.05, 0) is 31.4 Å². The summed E-state index contributed by atoms with van der Waals surface area (Å²) in [6, 6.07) is 2.22. The van der Waals surface area contributed by atoms with Crippen molar-refractivity contribution in [2.45, 2.75) is 36.4 Å². The van der Waals surface area contributed by atoms with Gasteiger partial charge < -0.3 is 10.4 Å². The van der Waals surface area contributed by atoms with Crippen molar-refractivity contribution in [3.8, 4) is 0 Å². The van der Waals surface area contributed by atoms with Crippen molar-refractivity contribution in [2.24, 2.45) is 0 Å². The fourth-order valence-electron chi connectivity index (χ4n) is 2.38. The molecule has 7 nitrogen and oxygen atoms in total. The molecule has 0 bridgehead atoms. The number of nitrogens with one attached hydrogen (secondary N) is 1. The second kappa shape index (κ2) is 6.76. The minimum atomic E-state index is -3.77. The number of carboxylic acids is 1. The number of aliphatic carboxylic acids is 1. The Hall–Kier alpha value is -1.45. The van der Waals surface area contributed by atoms with Gasteiger partial charge in [0.15, 0.2) is 0 Å². The number of nitrogens with zero attached hydrogens (tertiary/aromatic N) is 1. The highest BCUT2D eigenvalue weighted by Crippen LogP contribution is 2.30. The lowest BCUT2D eigenvalue weighted by Gasteiger charge is -2.19. The first kappa shape index (κ1) is 16.9. The predicted molar refractivity (Wildman–Crippen MR) is 81.3 cm³/mol. The van der Waals surface area contributed by atoms with Crippen LogP contribution >= 0.6 is 11.3 Å². The third kappa shape index (κ3) is 3.65. The van der Waals surface area contributed by atoms with E-state index in [0.717, 1.165) is 20.5 Å². The molecule has 0 saturated carbocycles.